The second kappa shape index (κ2) is 8.80. The molecule has 0 aliphatic carbocycles. The van der Waals surface area contributed by atoms with E-state index in [1.807, 2.05) is 47.5 Å². The van der Waals surface area contributed by atoms with Crippen molar-refractivity contribution >= 4 is 34.7 Å². The van der Waals surface area contributed by atoms with E-state index >= 15 is 0 Å². The lowest BCUT2D eigenvalue weighted by Crippen LogP contribution is -2.50. The second-order valence-corrected chi connectivity index (χ2v) is 8.18. The summed E-state index contributed by atoms with van der Waals surface area (Å²) in [6.45, 7) is 4.65. The predicted molar refractivity (Wildman–Crippen MR) is 116 cm³/mol. The first kappa shape index (κ1) is 19.7. The van der Waals surface area contributed by atoms with Gasteiger partial charge in [-0.2, -0.15) is 0 Å². The molecule has 29 heavy (non-hydrogen) atoms. The van der Waals surface area contributed by atoms with Gasteiger partial charge < -0.3 is 14.5 Å². The zero-order valence-electron chi connectivity index (χ0n) is 16.0. The highest BCUT2D eigenvalue weighted by molar-refractivity contribution is 7.13. The van der Waals surface area contributed by atoms with Crippen LogP contribution in [0.1, 0.15) is 5.56 Å². The highest BCUT2D eigenvalue weighted by Crippen LogP contribution is 2.24. The summed E-state index contributed by atoms with van der Waals surface area (Å²) in [5, 5.41) is 11.4. The number of aromatic nitrogens is 2. The Balaban J connectivity index is 1.28. The molecule has 6 nitrogen and oxygen atoms in total. The molecule has 1 aliphatic rings. The first-order valence-corrected chi connectivity index (χ1v) is 10.7. The molecule has 0 N–H and O–H groups in total. The topological polar surface area (TPSA) is 58.6 Å². The fourth-order valence-corrected chi connectivity index (χ4v) is 3.99. The maximum absolute atomic E-state index is 12.5. The van der Waals surface area contributed by atoms with E-state index in [-0.39, 0.29) is 12.5 Å². The van der Waals surface area contributed by atoms with Crippen LogP contribution in [0.15, 0.2) is 47.8 Å². The van der Waals surface area contributed by atoms with E-state index in [0.29, 0.717) is 23.9 Å². The zero-order chi connectivity index (χ0) is 20.2. The molecule has 0 spiro atoms. The number of ether oxygens (including phenoxy) is 1. The molecule has 4 rings (SSSR count). The maximum Gasteiger partial charge on any atom is 0.260 e. The normalized spacial score (nSPS) is 14.1. The summed E-state index contributed by atoms with van der Waals surface area (Å²) in [6, 6.07) is 13.4. The SMILES string of the molecule is Cc1cc(OCC(=O)N2CCN(c3ccc(-c4cccs4)nn3)CC2)ccc1Cl. The third kappa shape index (κ3) is 4.68. The molecule has 0 bridgehead atoms. The van der Waals surface area contributed by atoms with Crippen LogP contribution in [0.25, 0.3) is 10.6 Å². The number of rotatable bonds is 5. The van der Waals surface area contributed by atoms with Gasteiger partial charge in [0.15, 0.2) is 12.4 Å². The van der Waals surface area contributed by atoms with Gasteiger partial charge in [-0.15, -0.1) is 21.5 Å². The van der Waals surface area contributed by atoms with Gasteiger partial charge in [0.2, 0.25) is 0 Å². The van der Waals surface area contributed by atoms with Crippen molar-refractivity contribution < 1.29 is 9.53 Å². The molecule has 8 heteroatoms. The van der Waals surface area contributed by atoms with Crippen LogP contribution in [0.4, 0.5) is 5.82 Å². The Bertz CT molecular complexity index is 971. The Labute approximate surface area is 178 Å². The molecular weight excluding hydrogens is 408 g/mol. The van der Waals surface area contributed by atoms with Gasteiger partial charge in [0.1, 0.15) is 11.4 Å². The Morgan fingerprint density at radius 2 is 1.97 bits per heavy atom. The highest BCUT2D eigenvalue weighted by Gasteiger charge is 2.22. The number of aryl methyl sites for hydroxylation is 1. The monoisotopic (exact) mass is 428 g/mol. The van der Waals surface area contributed by atoms with Crippen molar-refractivity contribution in [1.82, 2.24) is 15.1 Å². The maximum atomic E-state index is 12.5. The Hall–Kier alpha value is -2.64. The fourth-order valence-electron chi connectivity index (χ4n) is 3.18. The average molecular weight is 429 g/mol. The fraction of sp³-hybridized carbons (Fsp3) is 0.286. The Morgan fingerprint density at radius 1 is 1.14 bits per heavy atom. The van der Waals surface area contributed by atoms with Crippen molar-refractivity contribution in [3.05, 3.63) is 58.4 Å². The third-order valence-electron chi connectivity index (χ3n) is 4.87. The number of hydrogen-bond donors (Lipinski definition) is 0. The lowest BCUT2D eigenvalue weighted by molar-refractivity contribution is -0.133. The molecule has 0 saturated carbocycles. The summed E-state index contributed by atoms with van der Waals surface area (Å²) in [5.74, 6) is 1.47. The van der Waals surface area contributed by atoms with E-state index in [2.05, 4.69) is 15.1 Å². The molecule has 1 fully saturated rings. The molecule has 2 aromatic heterocycles. The number of hydrogen-bond acceptors (Lipinski definition) is 6. The summed E-state index contributed by atoms with van der Waals surface area (Å²) >= 11 is 7.67. The number of benzene rings is 1. The molecule has 150 valence electrons. The standard InChI is InChI=1S/C21H21ClN4O2S/c1-15-13-16(4-5-17(15)22)28-14-21(27)26-10-8-25(9-11-26)20-7-6-18(23-24-20)19-3-2-12-29-19/h2-7,12-13H,8-11,14H2,1H3. The van der Waals surface area contributed by atoms with Gasteiger partial charge in [0.05, 0.1) is 4.88 Å². The molecule has 3 heterocycles. The van der Waals surface area contributed by atoms with Gasteiger partial charge in [0.25, 0.3) is 5.91 Å². The van der Waals surface area contributed by atoms with E-state index in [9.17, 15) is 4.79 Å². The van der Waals surface area contributed by atoms with Gasteiger partial charge in [0, 0.05) is 31.2 Å². The minimum absolute atomic E-state index is 0.0172. The number of halogens is 1. The second-order valence-electron chi connectivity index (χ2n) is 6.82. The van der Waals surface area contributed by atoms with Crippen LogP contribution in [0.3, 0.4) is 0 Å². The number of amides is 1. The number of carbonyl (C=O) groups is 1. The quantitative estimate of drug-likeness (QED) is 0.617. The van der Waals surface area contributed by atoms with Crippen molar-refractivity contribution in [2.45, 2.75) is 6.92 Å². The molecule has 3 aromatic rings. The van der Waals surface area contributed by atoms with E-state index in [1.54, 1.807) is 23.5 Å². The van der Waals surface area contributed by atoms with E-state index < -0.39 is 0 Å². The summed E-state index contributed by atoms with van der Waals surface area (Å²) in [4.78, 5) is 17.6. The van der Waals surface area contributed by atoms with E-state index in [0.717, 1.165) is 35.0 Å². The molecule has 0 unspecified atom stereocenters. The molecule has 1 aromatic carbocycles. The molecule has 1 amide bonds. The van der Waals surface area contributed by atoms with Crippen LogP contribution >= 0.6 is 22.9 Å². The van der Waals surface area contributed by atoms with Gasteiger partial charge in [-0.25, -0.2) is 0 Å². The summed E-state index contributed by atoms with van der Waals surface area (Å²) in [5.41, 5.74) is 1.81. The first-order valence-electron chi connectivity index (χ1n) is 9.39. The number of carbonyl (C=O) groups excluding carboxylic acids is 1. The van der Waals surface area contributed by atoms with Crippen LogP contribution in [-0.2, 0) is 4.79 Å². The minimum atomic E-state index is -0.0172. The number of thiophene rings is 1. The van der Waals surface area contributed by atoms with E-state index in [4.69, 9.17) is 16.3 Å². The minimum Gasteiger partial charge on any atom is -0.484 e. The molecule has 0 radical (unpaired) electrons. The van der Waals surface area contributed by atoms with Crippen molar-refractivity contribution in [1.29, 1.82) is 0 Å². The number of piperazine rings is 1. The molecule has 0 atom stereocenters. The van der Waals surface area contributed by atoms with Gasteiger partial charge in [-0.05, 0) is 54.3 Å². The Morgan fingerprint density at radius 3 is 2.62 bits per heavy atom. The van der Waals surface area contributed by atoms with Gasteiger partial charge >= 0.3 is 0 Å². The number of nitrogens with zero attached hydrogens (tertiary/aromatic N) is 4. The number of anilines is 1. The van der Waals surface area contributed by atoms with Crippen molar-refractivity contribution in [2.24, 2.45) is 0 Å². The van der Waals surface area contributed by atoms with Crippen LogP contribution < -0.4 is 9.64 Å². The average Bonchev–Trinajstić information content (AvgIpc) is 3.29. The summed E-state index contributed by atoms with van der Waals surface area (Å²) in [7, 11) is 0. The molecule has 1 saturated heterocycles. The lowest BCUT2D eigenvalue weighted by atomic mass is 10.2. The van der Waals surface area contributed by atoms with Crippen LogP contribution in [0, 0.1) is 6.92 Å². The zero-order valence-corrected chi connectivity index (χ0v) is 17.6. The van der Waals surface area contributed by atoms with Crippen LogP contribution in [-0.4, -0.2) is 53.8 Å². The van der Waals surface area contributed by atoms with Crippen LogP contribution in [0.2, 0.25) is 5.02 Å². The summed E-state index contributed by atoms with van der Waals surface area (Å²) < 4.78 is 5.63. The van der Waals surface area contributed by atoms with Crippen molar-refractivity contribution in [3.63, 3.8) is 0 Å². The lowest BCUT2D eigenvalue weighted by Gasteiger charge is -2.35. The van der Waals surface area contributed by atoms with E-state index in [1.165, 1.54) is 0 Å². The van der Waals surface area contributed by atoms with Crippen molar-refractivity contribution in [3.8, 4) is 16.3 Å². The van der Waals surface area contributed by atoms with Gasteiger partial charge in [-0.3, -0.25) is 4.79 Å². The van der Waals surface area contributed by atoms with Crippen molar-refractivity contribution in [2.75, 3.05) is 37.7 Å². The smallest absolute Gasteiger partial charge is 0.260 e. The predicted octanol–water partition coefficient (Wildman–Crippen LogP) is 3.89. The largest absolute Gasteiger partial charge is 0.484 e. The van der Waals surface area contributed by atoms with Gasteiger partial charge in [-0.1, -0.05) is 17.7 Å². The molecule has 1 aliphatic heterocycles. The first-order chi connectivity index (χ1) is 14.1. The van der Waals surface area contributed by atoms with Crippen LogP contribution in [0.5, 0.6) is 5.75 Å². The third-order valence-corrected chi connectivity index (χ3v) is 6.19. The Kier molecular flexibility index (Phi) is 5.97. The highest BCUT2D eigenvalue weighted by atomic mass is 35.5. The molecular formula is C21H21ClN4O2S. The summed E-state index contributed by atoms with van der Waals surface area (Å²) in [6.07, 6.45) is 0.